The Kier molecular flexibility index (Phi) is 4.47. The summed E-state index contributed by atoms with van der Waals surface area (Å²) in [5, 5.41) is 0.695. The Morgan fingerprint density at radius 1 is 0.960 bits per heavy atom. The Morgan fingerprint density at radius 3 is 2.16 bits per heavy atom. The van der Waals surface area contributed by atoms with Crippen LogP contribution in [0.1, 0.15) is 24.0 Å². The topological polar surface area (TPSA) is 34.1 Å². The van der Waals surface area contributed by atoms with Crippen molar-refractivity contribution in [2.75, 3.05) is 11.5 Å². The minimum Gasteiger partial charge on any atom is -0.298 e. The van der Waals surface area contributed by atoms with Crippen LogP contribution in [0.5, 0.6) is 0 Å². The number of halogens is 1. The Morgan fingerprint density at radius 2 is 1.56 bits per heavy atom. The second kappa shape index (κ2) is 6.62. The molecule has 2 aliphatic rings. The number of aryl methyl sites for hydroxylation is 1. The monoisotopic (exact) mass is 370 g/mol. The van der Waals surface area contributed by atoms with Crippen LogP contribution in [-0.2, 0) is 16.0 Å². The predicted octanol–water partition coefficient (Wildman–Crippen LogP) is 4.78. The number of benzene rings is 2. The van der Waals surface area contributed by atoms with Gasteiger partial charge in [-0.1, -0.05) is 42.8 Å². The van der Waals surface area contributed by atoms with Crippen molar-refractivity contribution >= 4 is 34.9 Å². The largest absolute Gasteiger partial charge is 0.298 e. The highest BCUT2D eigenvalue weighted by Crippen LogP contribution is 2.45. The van der Waals surface area contributed by atoms with Crippen LogP contribution >= 0.6 is 23.4 Å². The smallest absolute Gasteiger partial charge is 0.152 e. The summed E-state index contributed by atoms with van der Waals surface area (Å²) in [6, 6.07) is 13.8. The summed E-state index contributed by atoms with van der Waals surface area (Å²) in [6.07, 6.45) is 0.817. The molecule has 2 unspecified atom stereocenters. The van der Waals surface area contributed by atoms with Gasteiger partial charge in [-0.2, -0.15) is 11.8 Å². The number of carbonyl (C=O) groups is 2. The summed E-state index contributed by atoms with van der Waals surface area (Å²) < 4.78 is 0. The standard InChI is InChI=1S/C21H19ClO2S/c1-2-12-3-4-14(13-5-7-15(22)8-6-13)9-16(12)19-20(23)17-10-25-11-18(17)21(19)24/h3-9,17-19H,2,10-11H2,1H3. The van der Waals surface area contributed by atoms with Crippen molar-refractivity contribution in [1.82, 2.24) is 0 Å². The number of hydrogen-bond acceptors (Lipinski definition) is 3. The molecule has 128 valence electrons. The first-order valence-electron chi connectivity index (χ1n) is 8.64. The van der Waals surface area contributed by atoms with Crippen LogP contribution in [-0.4, -0.2) is 23.1 Å². The molecule has 2 fully saturated rings. The molecule has 0 aromatic heterocycles. The number of fused-ring (bicyclic) bond motifs is 1. The van der Waals surface area contributed by atoms with Gasteiger partial charge in [0.1, 0.15) is 5.92 Å². The van der Waals surface area contributed by atoms with Crippen molar-refractivity contribution in [3.8, 4) is 11.1 Å². The van der Waals surface area contributed by atoms with Crippen molar-refractivity contribution in [3.05, 3.63) is 58.6 Å². The van der Waals surface area contributed by atoms with Gasteiger partial charge < -0.3 is 0 Å². The molecule has 0 spiro atoms. The molecule has 2 aromatic carbocycles. The zero-order chi connectivity index (χ0) is 17.6. The third kappa shape index (κ3) is 2.84. The first-order valence-corrected chi connectivity index (χ1v) is 10.2. The van der Waals surface area contributed by atoms with Crippen LogP contribution < -0.4 is 0 Å². The minimum atomic E-state index is -0.571. The van der Waals surface area contributed by atoms with Gasteiger partial charge in [-0.25, -0.2) is 0 Å². The first-order chi connectivity index (χ1) is 12.1. The molecular weight excluding hydrogens is 352 g/mol. The molecule has 0 bridgehead atoms. The molecular formula is C21H19ClO2S. The average Bonchev–Trinajstić information content (AvgIpc) is 3.19. The summed E-state index contributed by atoms with van der Waals surface area (Å²) in [4.78, 5) is 25.8. The van der Waals surface area contributed by atoms with E-state index in [1.54, 1.807) is 11.8 Å². The van der Waals surface area contributed by atoms with Crippen LogP contribution in [0.25, 0.3) is 11.1 Å². The highest BCUT2D eigenvalue weighted by atomic mass is 35.5. The molecule has 0 amide bonds. The van der Waals surface area contributed by atoms with E-state index in [4.69, 9.17) is 11.6 Å². The SMILES string of the molecule is CCc1ccc(-c2ccc(Cl)cc2)cc1C1C(=O)C2CSCC2C1=O. The van der Waals surface area contributed by atoms with Gasteiger partial charge in [0.15, 0.2) is 11.6 Å². The molecule has 1 heterocycles. The van der Waals surface area contributed by atoms with Crippen molar-refractivity contribution < 1.29 is 9.59 Å². The minimum absolute atomic E-state index is 0.0774. The van der Waals surface area contributed by atoms with Gasteiger partial charge in [0.25, 0.3) is 0 Å². The molecule has 2 nitrogen and oxygen atoms in total. The Hall–Kier alpha value is -1.58. The number of hydrogen-bond donors (Lipinski definition) is 0. The van der Waals surface area contributed by atoms with E-state index >= 15 is 0 Å². The molecule has 1 saturated heterocycles. The molecule has 2 atom stereocenters. The Balaban J connectivity index is 1.78. The van der Waals surface area contributed by atoms with Crippen LogP contribution in [0.4, 0.5) is 0 Å². The van der Waals surface area contributed by atoms with E-state index in [9.17, 15) is 9.59 Å². The maximum absolute atomic E-state index is 12.9. The highest BCUT2D eigenvalue weighted by Gasteiger charge is 2.52. The number of thioether (sulfide) groups is 1. The molecule has 0 N–H and O–H groups in total. The lowest BCUT2D eigenvalue weighted by molar-refractivity contribution is -0.125. The second-order valence-electron chi connectivity index (χ2n) is 6.76. The maximum Gasteiger partial charge on any atom is 0.152 e. The van der Waals surface area contributed by atoms with E-state index < -0.39 is 5.92 Å². The van der Waals surface area contributed by atoms with E-state index in [-0.39, 0.29) is 23.4 Å². The summed E-state index contributed by atoms with van der Waals surface area (Å²) in [7, 11) is 0. The molecule has 25 heavy (non-hydrogen) atoms. The Bertz CT molecular complexity index is 821. The number of Topliss-reactive ketones (excluding diaryl/α,β-unsaturated/α-hetero) is 2. The van der Waals surface area contributed by atoms with Gasteiger partial charge >= 0.3 is 0 Å². The van der Waals surface area contributed by atoms with E-state index in [0.717, 1.165) is 40.2 Å². The number of ketones is 2. The molecule has 2 aromatic rings. The van der Waals surface area contributed by atoms with Crippen LogP contribution in [0.2, 0.25) is 5.02 Å². The third-order valence-electron chi connectivity index (χ3n) is 5.40. The molecule has 4 heteroatoms. The average molecular weight is 371 g/mol. The summed E-state index contributed by atoms with van der Waals surface area (Å²) in [6.45, 7) is 2.07. The Labute approximate surface area is 157 Å². The van der Waals surface area contributed by atoms with Crippen molar-refractivity contribution in [3.63, 3.8) is 0 Å². The van der Waals surface area contributed by atoms with Crippen molar-refractivity contribution in [2.24, 2.45) is 11.8 Å². The third-order valence-corrected chi connectivity index (χ3v) is 6.84. The van der Waals surface area contributed by atoms with Gasteiger partial charge in [0, 0.05) is 28.4 Å². The summed E-state index contributed by atoms with van der Waals surface area (Å²) >= 11 is 7.71. The predicted molar refractivity (Wildman–Crippen MR) is 103 cm³/mol. The summed E-state index contributed by atoms with van der Waals surface area (Å²) in [5.74, 6) is 1.12. The second-order valence-corrected chi connectivity index (χ2v) is 8.27. The van der Waals surface area contributed by atoms with Gasteiger partial charge in [0.05, 0.1) is 0 Å². The van der Waals surface area contributed by atoms with Gasteiger partial charge in [-0.3, -0.25) is 9.59 Å². The van der Waals surface area contributed by atoms with Gasteiger partial charge in [-0.15, -0.1) is 0 Å². The maximum atomic E-state index is 12.9. The molecule has 1 aliphatic carbocycles. The van der Waals surface area contributed by atoms with Crippen LogP contribution in [0.15, 0.2) is 42.5 Å². The number of rotatable bonds is 3. The fraction of sp³-hybridized carbons (Fsp3) is 0.333. The normalized spacial score (nSPS) is 25.4. The van der Waals surface area contributed by atoms with E-state index in [1.165, 1.54) is 0 Å². The van der Waals surface area contributed by atoms with Gasteiger partial charge in [0.2, 0.25) is 0 Å². The lowest BCUT2D eigenvalue weighted by Gasteiger charge is -2.16. The fourth-order valence-corrected chi connectivity index (χ4v) is 5.56. The quantitative estimate of drug-likeness (QED) is 0.729. The zero-order valence-corrected chi connectivity index (χ0v) is 15.6. The number of carbonyl (C=O) groups excluding carboxylic acids is 2. The lowest BCUT2D eigenvalue weighted by atomic mass is 9.87. The zero-order valence-electron chi connectivity index (χ0n) is 14.0. The lowest BCUT2D eigenvalue weighted by Crippen LogP contribution is -2.18. The summed E-state index contributed by atoms with van der Waals surface area (Å²) in [5.41, 5.74) is 4.07. The van der Waals surface area contributed by atoms with E-state index in [2.05, 4.69) is 19.1 Å². The molecule has 0 radical (unpaired) electrons. The van der Waals surface area contributed by atoms with E-state index in [1.807, 2.05) is 30.3 Å². The first kappa shape index (κ1) is 16.9. The van der Waals surface area contributed by atoms with Gasteiger partial charge in [-0.05, 0) is 46.9 Å². The van der Waals surface area contributed by atoms with Crippen LogP contribution in [0, 0.1) is 11.8 Å². The van der Waals surface area contributed by atoms with Crippen molar-refractivity contribution in [1.29, 1.82) is 0 Å². The molecule has 4 rings (SSSR count). The van der Waals surface area contributed by atoms with Crippen molar-refractivity contribution in [2.45, 2.75) is 19.3 Å². The molecule has 1 saturated carbocycles. The molecule has 1 aliphatic heterocycles. The fourth-order valence-electron chi connectivity index (χ4n) is 4.00. The highest BCUT2D eigenvalue weighted by molar-refractivity contribution is 7.99. The van der Waals surface area contributed by atoms with Crippen LogP contribution in [0.3, 0.4) is 0 Å². The van der Waals surface area contributed by atoms with E-state index in [0.29, 0.717) is 5.02 Å².